The molecule has 2 unspecified atom stereocenters. The number of aromatic hydroxyl groups is 1. The summed E-state index contributed by atoms with van der Waals surface area (Å²) in [5.41, 5.74) is 2.76. The third-order valence-electron chi connectivity index (χ3n) is 8.61. The molecule has 2 bridgehead atoms. The number of ether oxygens (including phenoxy) is 1. The number of phenols is 1. The minimum Gasteiger partial charge on any atom is -0.508 e. The number of halogens is 1. The molecule has 39 heavy (non-hydrogen) atoms. The Balaban J connectivity index is 1.29. The molecule has 8 heteroatoms. The predicted molar refractivity (Wildman–Crippen MR) is 152 cm³/mol. The highest BCUT2D eigenvalue weighted by atomic mass is 19.1. The molecule has 7 nitrogen and oxygen atoms in total. The second-order valence-corrected chi connectivity index (χ2v) is 11.2. The van der Waals surface area contributed by atoms with E-state index in [1.165, 1.54) is 12.8 Å². The zero-order chi connectivity index (χ0) is 26.3. The molecule has 3 aliphatic rings. The van der Waals surface area contributed by atoms with E-state index in [1.54, 1.807) is 6.07 Å². The molecule has 2 N–H and O–H groups in total. The Bertz CT molecular complexity index is 1500. The molecule has 0 spiro atoms. The number of phenolic OH excluding ortho intramolecular Hbond substituents is 1. The molecule has 3 fully saturated rings. The number of piperazine rings is 1. The van der Waals surface area contributed by atoms with Crippen molar-refractivity contribution in [1.29, 1.82) is 0 Å². The predicted octanol–water partition coefficient (Wildman–Crippen LogP) is 4.91. The van der Waals surface area contributed by atoms with Crippen molar-refractivity contribution in [2.45, 2.75) is 43.8 Å². The number of nitrogens with one attached hydrogen (secondary N) is 1. The maximum atomic E-state index is 13.0. The molecule has 3 saturated heterocycles. The van der Waals surface area contributed by atoms with Crippen LogP contribution in [0, 0.1) is 0 Å². The number of likely N-dealkylation sites (tertiary alicyclic amines) is 1. The van der Waals surface area contributed by atoms with Crippen molar-refractivity contribution in [2.24, 2.45) is 0 Å². The van der Waals surface area contributed by atoms with Crippen molar-refractivity contribution in [3.63, 3.8) is 0 Å². The van der Waals surface area contributed by atoms with Crippen LogP contribution in [-0.4, -0.2) is 77.6 Å². The fourth-order valence-corrected chi connectivity index (χ4v) is 6.73. The van der Waals surface area contributed by atoms with E-state index in [0.717, 1.165) is 71.1 Å². The van der Waals surface area contributed by atoms with Crippen LogP contribution < -0.4 is 15.0 Å². The first-order chi connectivity index (χ1) is 19.1. The summed E-state index contributed by atoms with van der Waals surface area (Å²) in [6, 6.07) is 19.5. The second-order valence-electron chi connectivity index (χ2n) is 11.2. The summed E-state index contributed by atoms with van der Waals surface area (Å²) in [6.07, 6.45) is 4.43. The van der Waals surface area contributed by atoms with Crippen molar-refractivity contribution in [3.05, 3.63) is 54.6 Å². The normalized spacial score (nSPS) is 23.2. The van der Waals surface area contributed by atoms with E-state index < -0.39 is 0 Å². The van der Waals surface area contributed by atoms with Crippen LogP contribution in [0.4, 0.5) is 10.2 Å². The van der Waals surface area contributed by atoms with Crippen LogP contribution in [0.3, 0.4) is 0 Å². The molecule has 202 valence electrons. The van der Waals surface area contributed by atoms with Crippen LogP contribution in [-0.2, 0) is 0 Å². The van der Waals surface area contributed by atoms with E-state index in [-0.39, 0.29) is 18.5 Å². The van der Waals surface area contributed by atoms with Gasteiger partial charge < -0.3 is 20.1 Å². The van der Waals surface area contributed by atoms with Crippen molar-refractivity contribution in [1.82, 2.24) is 20.2 Å². The first-order valence-corrected chi connectivity index (χ1v) is 14.1. The van der Waals surface area contributed by atoms with Crippen LogP contribution >= 0.6 is 0 Å². The van der Waals surface area contributed by atoms with Gasteiger partial charge in [0, 0.05) is 43.1 Å². The Morgan fingerprint density at radius 3 is 2.67 bits per heavy atom. The number of anilines is 1. The van der Waals surface area contributed by atoms with Gasteiger partial charge in [-0.1, -0.05) is 30.3 Å². The van der Waals surface area contributed by atoms with Crippen LogP contribution in [0.2, 0.25) is 0 Å². The minimum atomic E-state index is -0.342. The topological polar surface area (TPSA) is 73.8 Å². The Kier molecular flexibility index (Phi) is 6.45. The molecule has 4 heterocycles. The zero-order valence-corrected chi connectivity index (χ0v) is 22.0. The average molecular weight is 528 g/mol. The standard InChI is InChI=1S/C31H34FN5O2/c32-11-13-36-12-3-5-24(36)19-39-31-34-29-15-21(28-16-25(38)14-20-4-1-2-6-26(20)28)7-10-27(29)30(35-31)37-17-22-8-9-23(18-37)33-22/h1-2,4,6-7,10,14-16,22-24,33,38H,3,5,8-9,11-13,17-19H2/t22?,23?,24-/m0/s1. The van der Waals surface area contributed by atoms with E-state index >= 15 is 0 Å². The summed E-state index contributed by atoms with van der Waals surface area (Å²) in [4.78, 5) is 14.4. The monoisotopic (exact) mass is 527 g/mol. The third kappa shape index (κ3) is 4.76. The summed E-state index contributed by atoms with van der Waals surface area (Å²) in [5, 5.41) is 17.2. The lowest BCUT2D eigenvalue weighted by molar-refractivity contribution is 0.157. The molecule has 0 amide bonds. The molecule has 3 aromatic carbocycles. The van der Waals surface area contributed by atoms with Gasteiger partial charge >= 0.3 is 6.01 Å². The lowest BCUT2D eigenvalue weighted by Gasteiger charge is -2.34. The van der Waals surface area contributed by atoms with Crippen LogP contribution in [0.15, 0.2) is 54.6 Å². The molecule has 0 radical (unpaired) electrons. The highest BCUT2D eigenvalue weighted by molar-refractivity contribution is 6.00. The van der Waals surface area contributed by atoms with E-state index in [0.29, 0.717) is 31.2 Å². The van der Waals surface area contributed by atoms with Crippen molar-refractivity contribution in [2.75, 3.05) is 44.4 Å². The first kappa shape index (κ1) is 24.5. The smallest absolute Gasteiger partial charge is 0.319 e. The Labute approximate surface area is 227 Å². The maximum Gasteiger partial charge on any atom is 0.319 e. The summed E-state index contributed by atoms with van der Waals surface area (Å²) in [5.74, 6) is 1.15. The zero-order valence-electron chi connectivity index (χ0n) is 22.0. The summed E-state index contributed by atoms with van der Waals surface area (Å²) in [6.45, 7) is 3.29. The Morgan fingerprint density at radius 1 is 0.974 bits per heavy atom. The van der Waals surface area contributed by atoms with E-state index in [9.17, 15) is 9.50 Å². The van der Waals surface area contributed by atoms with Gasteiger partial charge in [0.15, 0.2) is 0 Å². The van der Waals surface area contributed by atoms with Gasteiger partial charge in [0.25, 0.3) is 0 Å². The Morgan fingerprint density at radius 2 is 1.82 bits per heavy atom. The van der Waals surface area contributed by atoms with Gasteiger partial charge in [-0.15, -0.1) is 0 Å². The lowest BCUT2D eigenvalue weighted by Crippen LogP contribution is -2.51. The van der Waals surface area contributed by atoms with E-state index in [4.69, 9.17) is 14.7 Å². The lowest BCUT2D eigenvalue weighted by atomic mass is 9.97. The highest BCUT2D eigenvalue weighted by Gasteiger charge is 2.34. The molecule has 0 aliphatic carbocycles. The summed E-state index contributed by atoms with van der Waals surface area (Å²) in [7, 11) is 0. The third-order valence-corrected chi connectivity index (χ3v) is 8.61. The molecular weight excluding hydrogens is 493 g/mol. The number of alkyl halides is 1. The van der Waals surface area contributed by atoms with Crippen LogP contribution in [0.5, 0.6) is 11.8 Å². The molecule has 3 aliphatic heterocycles. The molecule has 3 atom stereocenters. The number of hydrogen-bond acceptors (Lipinski definition) is 7. The van der Waals surface area contributed by atoms with E-state index in [2.05, 4.69) is 39.4 Å². The number of nitrogens with zero attached hydrogens (tertiary/aromatic N) is 4. The molecular formula is C31H34FN5O2. The molecule has 4 aromatic rings. The van der Waals surface area contributed by atoms with Crippen molar-refractivity contribution in [3.8, 4) is 22.9 Å². The number of benzene rings is 3. The van der Waals surface area contributed by atoms with Crippen molar-refractivity contribution >= 4 is 27.5 Å². The second kappa shape index (κ2) is 10.2. The van der Waals surface area contributed by atoms with Gasteiger partial charge in [-0.25, -0.2) is 4.39 Å². The maximum absolute atomic E-state index is 13.0. The van der Waals surface area contributed by atoms with Crippen molar-refractivity contribution < 1.29 is 14.2 Å². The summed E-state index contributed by atoms with van der Waals surface area (Å²) >= 11 is 0. The van der Waals surface area contributed by atoms with Gasteiger partial charge in [-0.2, -0.15) is 9.97 Å². The fourth-order valence-electron chi connectivity index (χ4n) is 6.73. The summed E-state index contributed by atoms with van der Waals surface area (Å²) < 4.78 is 19.3. The highest BCUT2D eigenvalue weighted by Crippen LogP contribution is 2.37. The molecule has 7 rings (SSSR count). The van der Waals surface area contributed by atoms with Gasteiger partial charge in [0.2, 0.25) is 0 Å². The fraction of sp³-hybridized carbons (Fsp3) is 0.419. The van der Waals surface area contributed by atoms with Gasteiger partial charge in [-0.05, 0) is 78.4 Å². The van der Waals surface area contributed by atoms with Gasteiger partial charge in [0.1, 0.15) is 24.8 Å². The number of aromatic nitrogens is 2. The average Bonchev–Trinajstić information content (AvgIpc) is 3.55. The number of hydrogen-bond donors (Lipinski definition) is 2. The molecule has 0 saturated carbocycles. The van der Waals surface area contributed by atoms with Gasteiger partial charge in [0.05, 0.1) is 5.52 Å². The first-order valence-electron chi connectivity index (χ1n) is 14.1. The minimum absolute atomic E-state index is 0.184. The van der Waals surface area contributed by atoms with Gasteiger partial charge in [-0.3, -0.25) is 4.90 Å². The van der Waals surface area contributed by atoms with Crippen LogP contribution in [0.25, 0.3) is 32.8 Å². The number of fused-ring (bicyclic) bond motifs is 4. The number of rotatable bonds is 7. The van der Waals surface area contributed by atoms with Crippen LogP contribution in [0.1, 0.15) is 25.7 Å². The SMILES string of the molecule is Oc1cc(-c2ccc3c(N4CC5CCC(C4)N5)nc(OC[C@@H]4CCCN4CCF)nc3c2)c2ccccc2c1. The Hall–Kier alpha value is -3.49. The van der Waals surface area contributed by atoms with E-state index in [1.807, 2.05) is 24.3 Å². The quantitative estimate of drug-likeness (QED) is 0.354. The molecule has 1 aromatic heterocycles. The largest absolute Gasteiger partial charge is 0.508 e.